The van der Waals surface area contributed by atoms with Crippen LogP contribution in [0.5, 0.6) is 5.88 Å². The standard InChI is InChI=1S/C45H48F4N8O6S2/c1-25-19-34(51-22-32(25)57-42(64)56(41(61)44(57,6)7)30-15-14-29(20-50)35(36(30)46)45(47,48)49)63-18-17-62-23-33(58)54-38(43(3,4)5)40(60)55-16-8-9-31(55)39(59)52-21-27-10-12-28(13-11-27)37-26(2)53-24-65-37/h10-15,19,22,24,31,38H,8-9,16-18,21,23H2,1-7H3,(H,52,59)(H,54,58)/t31-,38?/m0/s1. The molecule has 65 heavy (non-hydrogen) atoms. The summed E-state index contributed by atoms with van der Waals surface area (Å²) in [5.41, 5.74) is -0.173. The van der Waals surface area contributed by atoms with E-state index in [-0.39, 0.29) is 36.0 Å². The molecule has 2 fully saturated rings. The highest BCUT2D eigenvalue weighted by atomic mass is 32.1. The first-order valence-electron chi connectivity index (χ1n) is 20.6. The van der Waals surface area contributed by atoms with Gasteiger partial charge in [-0.3, -0.25) is 24.1 Å². The van der Waals surface area contributed by atoms with Crippen LogP contribution < -0.4 is 25.2 Å². The van der Waals surface area contributed by atoms with E-state index in [1.54, 1.807) is 23.8 Å². The summed E-state index contributed by atoms with van der Waals surface area (Å²) in [5.74, 6) is -3.66. The maximum atomic E-state index is 15.4. The Hall–Kier alpha value is -6.04. The number of amides is 4. The lowest BCUT2D eigenvalue weighted by Gasteiger charge is -2.35. The van der Waals surface area contributed by atoms with Crippen LogP contribution in [-0.4, -0.2) is 87.6 Å². The quantitative estimate of drug-likeness (QED) is 0.0759. The van der Waals surface area contributed by atoms with E-state index >= 15 is 4.39 Å². The van der Waals surface area contributed by atoms with Crippen molar-refractivity contribution in [2.45, 2.75) is 91.7 Å². The van der Waals surface area contributed by atoms with E-state index in [0.29, 0.717) is 42.1 Å². The number of anilines is 2. The van der Waals surface area contributed by atoms with Gasteiger partial charge in [0.1, 0.15) is 36.4 Å². The van der Waals surface area contributed by atoms with Gasteiger partial charge in [0.05, 0.1) is 51.9 Å². The minimum absolute atomic E-state index is 0.0411. The number of nitriles is 1. The Balaban J connectivity index is 1.00. The molecule has 0 spiro atoms. The third kappa shape index (κ3) is 10.3. The van der Waals surface area contributed by atoms with E-state index in [0.717, 1.165) is 33.8 Å². The summed E-state index contributed by atoms with van der Waals surface area (Å²) in [6.07, 6.45) is -2.74. The second-order valence-corrected chi connectivity index (χ2v) is 18.4. The third-order valence-corrected chi connectivity index (χ3v) is 12.5. The van der Waals surface area contributed by atoms with Crippen molar-refractivity contribution in [3.63, 3.8) is 0 Å². The Labute approximate surface area is 382 Å². The van der Waals surface area contributed by atoms with E-state index in [9.17, 15) is 37.6 Å². The maximum absolute atomic E-state index is 15.4. The Kier molecular flexibility index (Phi) is 14.3. The summed E-state index contributed by atoms with van der Waals surface area (Å²) in [5, 5.41) is 14.6. The number of ether oxygens (including phenoxy) is 2. The molecule has 344 valence electrons. The van der Waals surface area contributed by atoms with Crippen LogP contribution in [0.1, 0.15) is 75.4 Å². The number of alkyl halides is 3. The highest BCUT2D eigenvalue weighted by molar-refractivity contribution is 7.81. The molecule has 0 bridgehead atoms. The zero-order valence-electron chi connectivity index (χ0n) is 36.8. The van der Waals surface area contributed by atoms with Gasteiger partial charge >= 0.3 is 6.18 Å². The molecule has 4 amide bonds. The van der Waals surface area contributed by atoms with Gasteiger partial charge in [0.15, 0.2) is 10.9 Å². The molecule has 0 saturated carbocycles. The maximum Gasteiger partial charge on any atom is 0.420 e. The molecule has 2 aromatic heterocycles. The molecule has 2 aliphatic rings. The van der Waals surface area contributed by atoms with Gasteiger partial charge in [-0.05, 0) is 87.0 Å². The molecule has 4 aromatic rings. The fraction of sp³-hybridized carbons (Fsp3) is 0.422. The Bertz CT molecular complexity index is 2540. The number of carbonyl (C=O) groups is 4. The van der Waals surface area contributed by atoms with Crippen molar-refractivity contribution in [1.29, 1.82) is 5.26 Å². The van der Waals surface area contributed by atoms with Gasteiger partial charge in [0.2, 0.25) is 23.6 Å². The number of benzene rings is 2. The lowest BCUT2D eigenvalue weighted by atomic mass is 9.85. The predicted octanol–water partition coefficient (Wildman–Crippen LogP) is 7.00. The smallest absolute Gasteiger partial charge is 0.420 e. The number of hydrogen-bond acceptors (Lipinski definition) is 11. The molecule has 0 aliphatic carbocycles. The number of thiazole rings is 1. The Morgan fingerprint density at radius 3 is 2.38 bits per heavy atom. The summed E-state index contributed by atoms with van der Waals surface area (Å²) in [6.45, 7) is 12.2. The first kappa shape index (κ1) is 48.4. The number of carbonyl (C=O) groups excluding carboxylic acids is 4. The predicted molar refractivity (Wildman–Crippen MR) is 238 cm³/mol. The lowest BCUT2D eigenvalue weighted by Crippen LogP contribution is -2.58. The number of pyridine rings is 1. The molecule has 2 aromatic carbocycles. The summed E-state index contributed by atoms with van der Waals surface area (Å²) >= 11 is 7.10. The van der Waals surface area contributed by atoms with Crippen LogP contribution in [0.3, 0.4) is 0 Å². The van der Waals surface area contributed by atoms with Gasteiger partial charge in [0.25, 0.3) is 5.91 Å². The Morgan fingerprint density at radius 1 is 1.06 bits per heavy atom. The van der Waals surface area contributed by atoms with Gasteiger partial charge in [-0.25, -0.2) is 14.4 Å². The SMILES string of the molecule is Cc1cc(OCCOCC(=O)NC(C(=O)N2CCC[C@H]2C(=O)NCc2ccc(-c3scnc3C)cc2)C(C)(C)C)ncc1N1C(=S)N(c2ccc(C#N)c(C(F)(F)F)c2F)C(=O)C1(C)C. The van der Waals surface area contributed by atoms with E-state index in [1.165, 1.54) is 42.0 Å². The summed E-state index contributed by atoms with van der Waals surface area (Å²) < 4.78 is 68.1. The molecule has 14 nitrogen and oxygen atoms in total. The monoisotopic (exact) mass is 936 g/mol. The number of hydrogen-bond donors (Lipinski definition) is 2. The first-order valence-corrected chi connectivity index (χ1v) is 21.9. The second kappa shape index (κ2) is 19.2. The highest BCUT2D eigenvalue weighted by Crippen LogP contribution is 2.42. The molecule has 1 unspecified atom stereocenters. The van der Waals surface area contributed by atoms with Crippen molar-refractivity contribution in [1.82, 2.24) is 25.5 Å². The van der Waals surface area contributed by atoms with E-state index in [4.69, 9.17) is 21.7 Å². The normalized spacial score (nSPS) is 16.7. The number of nitrogens with zero attached hydrogens (tertiary/aromatic N) is 6. The number of thiocarbonyl (C=S) groups is 1. The number of nitrogens with one attached hydrogen (secondary N) is 2. The number of rotatable bonds is 14. The van der Waals surface area contributed by atoms with Crippen molar-refractivity contribution >= 4 is 63.7 Å². The molecule has 20 heteroatoms. The molecule has 0 radical (unpaired) electrons. The van der Waals surface area contributed by atoms with Crippen molar-refractivity contribution < 1.29 is 46.2 Å². The van der Waals surface area contributed by atoms with Gasteiger partial charge in [-0.1, -0.05) is 45.0 Å². The fourth-order valence-corrected chi connectivity index (χ4v) is 9.03. The zero-order chi connectivity index (χ0) is 47.6. The number of likely N-dealkylation sites (tertiary alicyclic amines) is 1. The molecule has 4 heterocycles. The van der Waals surface area contributed by atoms with E-state index in [2.05, 4.69) is 20.6 Å². The molecule has 2 N–H and O–H groups in total. The van der Waals surface area contributed by atoms with Crippen LogP contribution in [0.2, 0.25) is 0 Å². The first-order chi connectivity index (χ1) is 30.6. The van der Waals surface area contributed by atoms with Crippen LogP contribution in [-0.2, 0) is 36.6 Å². The number of aryl methyl sites for hydroxylation is 2. The topological polar surface area (TPSA) is 170 Å². The van der Waals surface area contributed by atoms with Crippen molar-refractivity contribution in [2.24, 2.45) is 5.41 Å². The average molecular weight is 937 g/mol. The summed E-state index contributed by atoms with van der Waals surface area (Å²) in [4.78, 5) is 67.3. The van der Waals surface area contributed by atoms with Crippen molar-refractivity contribution in [3.8, 4) is 22.4 Å². The van der Waals surface area contributed by atoms with E-state index in [1.807, 2.05) is 52.0 Å². The summed E-state index contributed by atoms with van der Waals surface area (Å²) in [7, 11) is 0. The van der Waals surface area contributed by atoms with Gasteiger partial charge < -0.3 is 29.9 Å². The van der Waals surface area contributed by atoms with Gasteiger partial charge in [-0.2, -0.15) is 18.4 Å². The van der Waals surface area contributed by atoms with Crippen LogP contribution in [0.15, 0.2) is 54.2 Å². The number of halogens is 4. The molecule has 2 saturated heterocycles. The molecule has 6 rings (SSSR count). The molecule has 2 atom stereocenters. The van der Waals surface area contributed by atoms with Gasteiger partial charge in [-0.15, -0.1) is 11.3 Å². The van der Waals surface area contributed by atoms with Crippen LogP contribution >= 0.6 is 23.6 Å². The Morgan fingerprint density at radius 2 is 1.77 bits per heavy atom. The minimum Gasteiger partial charge on any atom is -0.475 e. The zero-order valence-corrected chi connectivity index (χ0v) is 38.4. The van der Waals surface area contributed by atoms with E-state index < -0.39 is 70.3 Å². The molecular weight excluding hydrogens is 889 g/mol. The van der Waals surface area contributed by atoms with Crippen LogP contribution in [0, 0.1) is 36.4 Å². The largest absolute Gasteiger partial charge is 0.475 e. The fourth-order valence-electron chi connectivity index (χ4n) is 7.71. The third-order valence-electron chi connectivity index (χ3n) is 11.1. The van der Waals surface area contributed by atoms with Gasteiger partial charge in [0, 0.05) is 19.2 Å². The lowest BCUT2D eigenvalue weighted by molar-refractivity contribution is -0.144. The summed E-state index contributed by atoms with van der Waals surface area (Å²) in [6, 6.07) is 10.8. The second-order valence-electron chi connectivity index (χ2n) is 17.2. The van der Waals surface area contributed by atoms with Crippen LogP contribution in [0.25, 0.3) is 10.4 Å². The molecular formula is C45H48F4N8O6S2. The minimum atomic E-state index is -5.22. The average Bonchev–Trinajstić information content (AvgIpc) is 3.95. The van der Waals surface area contributed by atoms with Crippen molar-refractivity contribution in [3.05, 3.63) is 87.9 Å². The van der Waals surface area contributed by atoms with Crippen LogP contribution in [0.4, 0.5) is 28.9 Å². The van der Waals surface area contributed by atoms with Crippen molar-refractivity contribution in [2.75, 3.05) is 36.2 Å². The molecule has 2 aliphatic heterocycles. The number of aromatic nitrogens is 2. The highest BCUT2D eigenvalue weighted by Gasteiger charge is 2.52.